The third-order valence-corrected chi connectivity index (χ3v) is 4.41. The van der Waals surface area contributed by atoms with Crippen LogP contribution in [0.5, 0.6) is 0 Å². The molecule has 3 heterocycles. The Morgan fingerprint density at radius 1 is 1.22 bits per heavy atom. The molecular weight excluding hydrogens is 248 g/mol. The van der Waals surface area contributed by atoms with Gasteiger partial charge in [-0.1, -0.05) is 11.6 Å². The standard InChI is InChI=1S/C13H19ClN4/c1-10-15-11(14)7-12(16-10)18-8-13(9-18)3-5-17(2)6-4-13/h7H,3-6,8-9H2,1-2H3. The van der Waals surface area contributed by atoms with Crippen LogP contribution in [0.3, 0.4) is 0 Å². The van der Waals surface area contributed by atoms with Gasteiger partial charge >= 0.3 is 0 Å². The van der Waals surface area contributed by atoms with Crippen LogP contribution in [0.15, 0.2) is 6.07 Å². The van der Waals surface area contributed by atoms with Gasteiger partial charge in [-0.25, -0.2) is 9.97 Å². The van der Waals surface area contributed by atoms with E-state index >= 15 is 0 Å². The van der Waals surface area contributed by atoms with E-state index in [1.807, 2.05) is 13.0 Å². The summed E-state index contributed by atoms with van der Waals surface area (Å²) in [5, 5.41) is 0.543. The van der Waals surface area contributed by atoms with Gasteiger partial charge in [-0.15, -0.1) is 0 Å². The van der Waals surface area contributed by atoms with Crippen molar-refractivity contribution < 1.29 is 0 Å². The lowest BCUT2D eigenvalue weighted by atomic mass is 9.72. The average Bonchev–Trinajstić information content (AvgIpc) is 2.26. The van der Waals surface area contributed by atoms with Crippen LogP contribution in [-0.2, 0) is 0 Å². The van der Waals surface area contributed by atoms with Crippen LogP contribution in [0.25, 0.3) is 0 Å². The molecule has 1 aromatic heterocycles. The predicted octanol–water partition coefficient (Wildman–Crippen LogP) is 1.97. The van der Waals surface area contributed by atoms with Gasteiger partial charge in [0, 0.05) is 24.6 Å². The van der Waals surface area contributed by atoms with Crippen molar-refractivity contribution in [2.75, 3.05) is 38.1 Å². The van der Waals surface area contributed by atoms with Crippen molar-refractivity contribution in [3.05, 3.63) is 17.0 Å². The van der Waals surface area contributed by atoms with E-state index in [4.69, 9.17) is 11.6 Å². The summed E-state index contributed by atoms with van der Waals surface area (Å²) >= 11 is 5.99. The van der Waals surface area contributed by atoms with Crippen LogP contribution in [-0.4, -0.2) is 48.1 Å². The second-order valence-electron chi connectivity index (χ2n) is 5.76. The lowest BCUT2D eigenvalue weighted by molar-refractivity contribution is 0.0900. The molecule has 2 fully saturated rings. The minimum absolute atomic E-state index is 0.526. The van der Waals surface area contributed by atoms with Gasteiger partial charge in [-0.05, 0) is 39.9 Å². The van der Waals surface area contributed by atoms with Crippen LogP contribution < -0.4 is 4.90 Å². The maximum atomic E-state index is 5.99. The summed E-state index contributed by atoms with van der Waals surface area (Å²) in [5.74, 6) is 1.74. The molecule has 0 aromatic carbocycles. The van der Waals surface area contributed by atoms with E-state index in [0.29, 0.717) is 10.6 Å². The molecule has 1 spiro atoms. The van der Waals surface area contributed by atoms with Crippen LogP contribution in [0.2, 0.25) is 5.15 Å². The molecule has 2 aliphatic rings. The molecule has 4 nitrogen and oxygen atoms in total. The zero-order valence-corrected chi connectivity index (χ0v) is 11.7. The molecule has 3 rings (SSSR count). The number of aromatic nitrogens is 2. The number of piperidine rings is 1. The van der Waals surface area contributed by atoms with Crippen molar-refractivity contribution in [3.8, 4) is 0 Å². The fraction of sp³-hybridized carbons (Fsp3) is 0.692. The van der Waals surface area contributed by atoms with Gasteiger partial charge in [0.1, 0.15) is 16.8 Å². The van der Waals surface area contributed by atoms with E-state index in [9.17, 15) is 0 Å². The molecular formula is C13H19ClN4. The Bertz CT molecular complexity index is 426. The minimum Gasteiger partial charge on any atom is -0.355 e. The molecule has 2 aliphatic heterocycles. The van der Waals surface area contributed by atoms with Crippen molar-refractivity contribution in [1.29, 1.82) is 0 Å². The highest BCUT2D eigenvalue weighted by atomic mass is 35.5. The smallest absolute Gasteiger partial charge is 0.134 e. The zero-order valence-electron chi connectivity index (χ0n) is 11.0. The number of hydrogen-bond acceptors (Lipinski definition) is 4. The van der Waals surface area contributed by atoms with E-state index in [-0.39, 0.29) is 0 Å². The Morgan fingerprint density at radius 3 is 2.50 bits per heavy atom. The molecule has 0 N–H and O–H groups in total. The molecule has 0 saturated carbocycles. The van der Waals surface area contributed by atoms with Gasteiger partial charge in [0.15, 0.2) is 0 Å². The first-order valence-electron chi connectivity index (χ1n) is 6.51. The van der Waals surface area contributed by atoms with Crippen molar-refractivity contribution in [3.63, 3.8) is 0 Å². The molecule has 0 amide bonds. The Hall–Kier alpha value is -0.870. The molecule has 18 heavy (non-hydrogen) atoms. The number of aryl methyl sites for hydroxylation is 1. The lowest BCUT2D eigenvalue weighted by Crippen LogP contribution is -2.60. The lowest BCUT2D eigenvalue weighted by Gasteiger charge is -2.54. The van der Waals surface area contributed by atoms with Crippen LogP contribution in [0.4, 0.5) is 5.82 Å². The van der Waals surface area contributed by atoms with Crippen molar-refractivity contribution >= 4 is 17.4 Å². The summed E-state index contributed by atoms with van der Waals surface area (Å²) in [4.78, 5) is 13.3. The number of likely N-dealkylation sites (tertiary alicyclic amines) is 1. The van der Waals surface area contributed by atoms with Gasteiger partial charge in [-0.3, -0.25) is 0 Å². The molecule has 98 valence electrons. The topological polar surface area (TPSA) is 32.3 Å². The first-order valence-corrected chi connectivity index (χ1v) is 6.89. The first-order chi connectivity index (χ1) is 8.56. The van der Waals surface area contributed by atoms with Gasteiger partial charge in [0.2, 0.25) is 0 Å². The van der Waals surface area contributed by atoms with Gasteiger partial charge in [0.25, 0.3) is 0 Å². The molecule has 0 radical (unpaired) electrons. The fourth-order valence-corrected chi connectivity index (χ4v) is 3.23. The second kappa shape index (κ2) is 4.35. The maximum absolute atomic E-state index is 5.99. The van der Waals surface area contributed by atoms with Crippen LogP contribution >= 0.6 is 11.6 Å². The molecule has 0 aliphatic carbocycles. The zero-order chi connectivity index (χ0) is 12.8. The molecule has 5 heteroatoms. The van der Waals surface area contributed by atoms with Crippen molar-refractivity contribution in [2.24, 2.45) is 5.41 Å². The molecule has 2 saturated heterocycles. The first kappa shape index (κ1) is 12.2. The number of halogens is 1. The SMILES string of the molecule is Cc1nc(Cl)cc(N2CC3(CCN(C)CC3)C2)n1. The van der Waals surface area contributed by atoms with E-state index in [1.165, 1.54) is 25.9 Å². The highest BCUT2D eigenvalue weighted by Crippen LogP contribution is 2.41. The number of hydrogen-bond donors (Lipinski definition) is 0. The highest BCUT2D eigenvalue weighted by molar-refractivity contribution is 6.29. The second-order valence-corrected chi connectivity index (χ2v) is 6.14. The van der Waals surface area contributed by atoms with Crippen molar-refractivity contribution in [2.45, 2.75) is 19.8 Å². The summed E-state index contributed by atoms with van der Waals surface area (Å²) in [6.07, 6.45) is 2.61. The number of anilines is 1. The van der Waals surface area contributed by atoms with E-state index in [2.05, 4.69) is 26.8 Å². The average molecular weight is 267 g/mol. The Kier molecular flexibility index (Phi) is 2.94. The Balaban J connectivity index is 1.68. The third kappa shape index (κ3) is 2.19. The quantitative estimate of drug-likeness (QED) is 0.728. The van der Waals surface area contributed by atoms with Crippen LogP contribution in [0, 0.1) is 12.3 Å². The van der Waals surface area contributed by atoms with Gasteiger partial charge in [0.05, 0.1) is 0 Å². The summed E-state index contributed by atoms with van der Waals surface area (Å²) in [6, 6.07) is 1.87. The number of nitrogens with zero attached hydrogens (tertiary/aromatic N) is 4. The molecule has 0 bridgehead atoms. The van der Waals surface area contributed by atoms with Crippen molar-refractivity contribution in [1.82, 2.24) is 14.9 Å². The third-order valence-electron chi connectivity index (χ3n) is 4.22. The maximum Gasteiger partial charge on any atom is 0.134 e. The van der Waals surface area contributed by atoms with E-state index in [0.717, 1.165) is 24.7 Å². The Labute approximate surface area is 113 Å². The number of rotatable bonds is 1. The van der Waals surface area contributed by atoms with Gasteiger partial charge < -0.3 is 9.80 Å². The summed E-state index contributed by atoms with van der Waals surface area (Å²) in [6.45, 7) is 6.57. The largest absolute Gasteiger partial charge is 0.355 e. The Morgan fingerprint density at radius 2 is 1.89 bits per heavy atom. The molecule has 1 aromatic rings. The summed E-state index contributed by atoms with van der Waals surface area (Å²) < 4.78 is 0. The van der Waals surface area contributed by atoms with Crippen LogP contribution in [0.1, 0.15) is 18.7 Å². The summed E-state index contributed by atoms with van der Waals surface area (Å²) in [5.41, 5.74) is 0.526. The van der Waals surface area contributed by atoms with Gasteiger partial charge in [-0.2, -0.15) is 0 Å². The highest BCUT2D eigenvalue weighted by Gasteiger charge is 2.44. The monoisotopic (exact) mass is 266 g/mol. The molecule has 0 unspecified atom stereocenters. The predicted molar refractivity (Wildman–Crippen MR) is 73.2 cm³/mol. The summed E-state index contributed by atoms with van der Waals surface area (Å²) in [7, 11) is 2.21. The van der Waals surface area contributed by atoms with E-state index < -0.39 is 0 Å². The fourth-order valence-electron chi connectivity index (χ4n) is 3.01. The minimum atomic E-state index is 0.526. The normalized spacial score (nSPS) is 23.2. The van der Waals surface area contributed by atoms with E-state index in [1.54, 1.807) is 0 Å². The molecule has 0 atom stereocenters.